The molecule has 0 unspecified atom stereocenters. The summed E-state index contributed by atoms with van der Waals surface area (Å²) >= 11 is 0. The van der Waals surface area contributed by atoms with Crippen molar-refractivity contribution in [2.45, 2.75) is 19.2 Å². The van der Waals surface area contributed by atoms with Gasteiger partial charge in [0.25, 0.3) is 0 Å². The van der Waals surface area contributed by atoms with Gasteiger partial charge < -0.3 is 14.4 Å². The lowest BCUT2D eigenvalue weighted by atomic mass is 10.2. The topological polar surface area (TPSA) is 37.6 Å². The van der Waals surface area contributed by atoms with E-state index in [4.69, 9.17) is 4.74 Å². The first kappa shape index (κ1) is 17.5. The smallest absolute Gasteiger partial charge is 0.0900 e. The van der Waals surface area contributed by atoms with E-state index in [2.05, 4.69) is 58.6 Å². The molecule has 0 aliphatic rings. The highest BCUT2D eigenvalue weighted by molar-refractivity contribution is 5.17. The average Bonchev–Trinajstić information content (AvgIpc) is 2.96. The molecule has 1 heterocycles. The van der Waals surface area contributed by atoms with Crippen molar-refractivity contribution in [3.63, 3.8) is 0 Å². The van der Waals surface area contributed by atoms with Gasteiger partial charge >= 0.3 is 0 Å². The van der Waals surface area contributed by atoms with Crippen molar-refractivity contribution in [1.29, 1.82) is 0 Å². The molecule has 0 fully saturated rings. The van der Waals surface area contributed by atoms with Crippen LogP contribution in [0.3, 0.4) is 0 Å². The lowest BCUT2D eigenvalue weighted by molar-refractivity contribution is 0.0381. The molecule has 2 rings (SSSR count). The summed E-state index contributed by atoms with van der Waals surface area (Å²) in [4.78, 5) is 2.17. The Labute approximate surface area is 138 Å². The maximum atomic E-state index is 9.97. The predicted octanol–water partition coefficient (Wildman–Crippen LogP) is 2.53. The summed E-state index contributed by atoms with van der Waals surface area (Å²) in [5.41, 5.74) is 2.50. The Morgan fingerprint density at radius 1 is 1.26 bits per heavy atom. The van der Waals surface area contributed by atoms with Crippen LogP contribution in [0.15, 0.2) is 61.3 Å². The first-order valence-electron chi connectivity index (χ1n) is 7.91. The fourth-order valence-corrected chi connectivity index (χ4v) is 2.69. The summed E-state index contributed by atoms with van der Waals surface area (Å²) in [5, 5.41) is 9.97. The number of ether oxygens (including phenoxy) is 1. The normalized spacial score (nSPS) is 12.5. The van der Waals surface area contributed by atoms with Crippen LogP contribution in [0.25, 0.3) is 0 Å². The zero-order valence-electron chi connectivity index (χ0n) is 13.8. The minimum absolute atomic E-state index is 0.346. The fraction of sp³-hybridized carbons (Fsp3) is 0.368. The molecular weight excluding hydrogens is 288 g/mol. The van der Waals surface area contributed by atoms with Crippen LogP contribution in [-0.2, 0) is 17.8 Å². The SMILES string of the molecule is C=CCN(Cc1cccn1Cc1ccccc1)C[C@H](O)COC. The molecule has 124 valence electrons. The minimum Gasteiger partial charge on any atom is -0.389 e. The van der Waals surface area contributed by atoms with Gasteiger partial charge in [-0.2, -0.15) is 0 Å². The van der Waals surface area contributed by atoms with E-state index in [1.165, 1.54) is 11.3 Å². The molecule has 1 atom stereocenters. The molecule has 0 aliphatic heterocycles. The number of methoxy groups -OCH3 is 1. The van der Waals surface area contributed by atoms with E-state index in [1.807, 2.05) is 12.1 Å². The van der Waals surface area contributed by atoms with Crippen molar-refractivity contribution in [2.75, 3.05) is 26.8 Å². The van der Waals surface area contributed by atoms with Gasteiger partial charge in [-0.3, -0.25) is 4.90 Å². The quantitative estimate of drug-likeness (QED) is 0.685. The third kappa shape index (κ3) is 5.67. The number of aliphatic hydroxyl groups is 1. The van der Waals surface area contributed by atoms with Gasteiger partial charge in [-0.15, -0.1) is 6.58 Å². The first-order chi connectivity index (χ1) is 11.2. The number of aliphatic hydroxyl groups excluding tert-OH is 1. The maximum Gasteiger partial charge on any atom is 0.0900 e. The summed E-state index contributed by atoms with van der Waals surface area (Å²) in [7, 11) is 1.60. The summed E-state index contributed by atoms with van der Waals surface area (Å²) < 4.78 is 7.26. The van der Waals surface area contributed by atoms with Gasteiger partial charge in [0, 0.05) is 45.2 Å². The van der Waals surface area contributed by atoms with Crippen molar-refractivity contribution >= 4 is 0 Å². The second-order valence-electron chi connectivity index (χ2n) is 5.70. The monoisotopic (exact) mass is 314 g/mol. The molecule has 4 heteroatoms. The Hall–Kier alpha value is -1.88. The molecule has 1 aromatic heterocycles. The molecule has 2 aromatic rings. The molecule has 0 saturated heterocycles. The number of nitrogens with zero attached hydrogens (tertiary/aromatic N) is 2. The van der Waals surface area contributed by atoms with Gasteiger partial charge in [-0.25, -0.2) is 0 Å². The van der Waals surface area contributed by atoms with Gasteiger partial charge in [-0.05, 0) is 17.7 Å². The summed E-state index contributed by atoms with van der Waals surface area (Å²) in [6.07, 6.45) is 3.47. The van der Waals surface area contributed by atoms with Crippen molar-refractivity contribution in [3.8, 4) is 0 Å². The van der Waals surface area contributed by atoms with Gasteiger partial charge in [0.1, 0.15) is 0 Å². The molecule has 4 nitrogen and oxygen atoms in total. The Balaban J connectivity index is 2.02. The Morgan fingerprint density at radius 3 is 2.74 bits per heavy atom. The van der Waals surface area contributed by atoms with Crippen molar-refractivity contribution in [2.24, 2.45) is 0 Å². The molecule has 0 spiro atoms. The van der Waals surface area contributed by atoms with Crippen LogP contribution < -0.4 is 0 Å². The zero-order valence-corrected chi connectivity index (χ0v) is 13.8. The number of hydrogen-bond acceptors (Lipinski definition) is 3. The van der Waals surface area contributed by atoms with E-state index in [0.717, 1.165) is 19.6 Å². The third-order valence-corrected chi connectivity index (χ3v) is 3.72. The Morgan fingerprint density at radius 2 is 2.04 bits per heavy atom. The minimum atomic E-state index is -0.488. The molecule has 1 aromatic carbocycles. The molecule has 0 radical (unpaired) electrons. The van der Waals surface area contributed by atoms with Gasteiger partial charge in [-0.1, -0.05) is 36.4 Å². The van der Waals surface area contributed by atoms with Crippen molar-refractivity contribution in [1.82, 2.24) is 9.47 Å². The average molecular weight is 314 g/mol. The zero-order chi connectivity index (χ0) is 16.5. The number of aromatic nitrogens is 1. The van der Waals surface area contributed by atoms with E-state index < -0.39 is 6.10 Å². The van der Waals surface area contributed by atoms with Crippen LogP contribution in [-0.4, -0.2) is 47.5 Å². The summed E-state index contributed by atoms with van der Waals surface area (Å²) in [6.45, 7) is 7.08. The fourth-order valence-electron chi connectivity index (χ4n) is 2.69. The number of hydrogen-bond donors (Lipinski definition) is 1. The van der Waals surface area contributed by atoms with Crippen LogP contribution in [0.1, 0.15) is 11.3 Å². The number of benzene rings is 1. The molecule has 0 amide bonds. The van der Waals surface area contributed by atoms with E-state index in [1.54, 1.807) is 7.11 Å². The largest absolute Gasteiger partial charge is 0.389 e. The third-order valence-electron chi connectivity index (χ3n) is 3.72. The lowest BCUT2D eigenvalue weighted by Crippen LogP contribution is -2.35. The molecule has 0 bridgehead atoms. The van der Waals surface area contributed by atoms with Crippen molar-refractivity contribution < 1.29 is 9.84 Å². The van der Waals surface area contributed by atoms with Crippen LogP contribution in [0.2, 0.25) is 0 Å². The van der Waals surface area contributed by atoms with Gasteiger partial charge in [0.2, 0.25) is 0 Å². The van der Waals surface area contributed by atoms with E-state index in [9.17, 15) is 5.11 Å². The van der Waals surface area contributed by atoms with Gasteiger partial charge in [0.05, 0.1) is 12.7 Å². The van der Waals surface area contributed by atoms with Crippen LogP contribution in [0.5, 0.6) is 0 Å². The highest BCUT2D eigenvalue weighted by atomic mass is 16.5. The molecular formula is C19H26N2O2. The summed E-state index contributed by atoms with van der Waals surface area (Å²) in [5.74, 6) is 0. The van der Waals surface area contributed by atoms with Crippen LogP contribution in [0.4, 0.5) is 0 Å². The second kappa shape index (κ2) is 9.30. The lowest BCUT2D eigenvalue weighted by Gasteiger charge is -2.24. The standard InChI is InChI=1S/C19H26N2O2/c1-3-11-20(15-19(22)16-23-2)14-18-10-7-12-21(18)13-17-8-5-4-6-9-17/h3-10,12,19,22H,1,11,13-16H2,2H3/t19-/m0/s1. The van der Waals surface area contributed by atoms with Gasteiger partial charge in [0.15, 0.2) is 0 Å². The van der Waals surface area contributed by atoms with Crippen molar-refractivity contribution in [3.05, 3.63) is 72.6 Å². The second-order valence-corrected chi connectivity index (χ2v) is 5.70. The maximum absolute atomic E-state index is 9.97. The molecule has 1 N–H and O–H groups in total. The van der Waals surface area contributed by atoms with E-state index in [-0.39, 0.29) is 0 Å². The summed E-state index contributed by atoms with van der Waals surface area (Å²) in [6, 6.07) is 14.6. The van der Waals surface area contributed by atoms with E-state index >= 15 is 0 Å². The highest BCUT2D eigenvalue weighted by Gasteiger charge is 2.13. The molecule has 0 aliphatic carbocycles. The first-order valence-corrected chi connectivity index (χ1v) is 7.91. The Kier molecular flexibility index (Phi) is 7.07. The van der Waals surface area contributed by atoms with Crippen LogP contribution >= 0.6 is 0 Å². The number of rotatable bonds is 10. The molecule has 23 heavy (non-hydrogen) atoms. The van der Waals surface area contributed by atoms with Crippen LogP contribution in [0, 0.1) is 0 Å². The predicted molar refractivity (Wildman–Crippen MR) is 93.3 cm³/mol. The van der Waals surface area contributed by atoms with E-state index in [0.29, 0.717) is 13.2 Å². The Bertz CT molecular complexity index is 580. The highest BCUT2D eigenvalue weighted by Crippen LogP contribution is 2.11. The molecule has 0 saturated carbocycles.